The molecule has 1 heterocycles. The van der Waals surface area contributed by atoms with Crippen LogP contribution in [0.1, 0.15) is 42.9 Å². The Balaban J connectivity index is 2.21. The van der Waals surface area contributed by atoms with Gasteiger partial charge in [-0.05, 0) is 61.8 Å². The number of halogens is 1. The van der Waals surface area contributed by atoms with Crippen molar-refractivity contribution in [1.82, 2.24) is 15.1 Å². The number of hydrogen-bond acceptors (Lipinski definition) is 4. The number of hydrogen-bond donors (Lipinski definition) is 1. The summed E-state index contributed by atoms with van der Waals surface area (Å²) < 4.78 is 13.3. The minimum atomic E-state index is -0.427. The van der Waals surface area contributed by atoms with Crippen molar-refractivity contribution in [1.29, 1.82) is 0 Å². The predicted octanol–water partition coefficient (Wildman–Crippen LogP) is 3.72. The van der Waals surface area contributed by atoms with E-state index in [1.54, 1.807) is 18.9 Å². The molecule has 0 aliphatic rings. The monoisotopic (exact) mass is 409 g/mol. The number of methoxy groups -OCH3 is 2. The second-order valence-corrected chi connectivity index (χ2v) is 6.74. The van der Waals surface area contributed by atoms with Crippen molar-refractivity contribution in [2.75, 3.05) is 14.2 Å². The summed E-state index contributed by atoms with van der Waals surface area (Å²) in [6.45, 7) is 7.58. The zero-order valence-electron chi connectivity index (χ0n) is 15.4. The number of carbonyl (C=O) groups is 1. The van der Waals surface area contributed by atoms with Gasteiger partial charge in [-0.1, -0.05) is 0 Å². The van der Waals surface area contributed by atoms with Crippen molar-refractivity contribution in [3.05, 3.63) is 39.6 Å². The van der Waals surface area contributed by atoms with E-state index in [-0.39, 0.29) is 11.9 Å². The average Bonchev–Trinajstić information content (AvgIpc) is 2.87. The Hall–Kier alpha value is -2.02. The Bertz CT molecular complexity index is 773. The summed E-state index contributed by atoms with van der Waals surface area (Å²) in [7, 11) is 3.22. The maximum absolute atomic E-state index is 12.7. The lowest BCUT2D eigenvalue weighted by Gasteiger charge is -2.21. The van der Waals surface area contributed by atoms with Crippen LogP contribution in [-0.4, -0.2) is 29.9 Å². The summed E-state index contributed by atoms with van der Waals surface area (Å²) in [6, 6.07) is 4.86. The summed E-state index contributed by atoms with van der Waals surface area (Å²) in [4.78, 5) is 12.7. The number of nitrogens with zero attached hydrogens (tertiary/aromatic N) is 2. The highest BCUT2D eigenvalue weighted by Crippen LogP contribution is 2.30. The van der Waals surface area contributed by atoms with Crippen LogP contribution >= 0.6 is 15.9 Å². The summed E-state index contributed by atoms with van der Waals surface area (Å²) in [5.74, 6) is 1.30. The van der Waals surface area contributed by atoms with E-state index in [9.17, 15) is 4.79 Å². The van der Waals surface area contributed by atoms with Gasteiger partial charge in [0.1, 0.15) is 17.5 Å². The van der Waals surface area contributed by atoms with Crippen LogP contribution in [-0.2, 0) is 4.79 Å². The van der Waals surface area contributed by atoms with Gasteiger partial charge >= 0.3 is 0 Å². The number of amides is 1. The highest BCUT2D eigenvalue weighted by molar-refractivity contribution is 9.10. The van der Waals surface area contributed by atoms with Crippen molar-refractivity contribution in [3.8, 4) is 11.5 Å². The molecular formula is C18H24BrN3O3. The molecule has 0 spiro atoms. The molecule has 1 N–H and O–H groups in total. The molecule has 25 heavy (non-hydrogen) atoms. The van der Waals surface area contributed by atoms with Crippen LogP contribution in [0.5, 0.6) is 11.5 Å². The minimum Gasteiger partial charge on any atom is -0.497 e. The first kappa shape index (κ1) is 19.3. The standard InChI is InChI=1S/C18H24BrN3O3/c1-10(15-9-14(24-5)7-8-16(15)25-6)20-18(23)13(4)22-12(3)17(19)11(2)21-22/h7-10,13H,1-6H3,(H,20,23). The molecule has 1 aromatic carbocycles. The molecule has 2 aromatic rings. The van der Waals surface area contributed by atoms with E-state index in [1.807, 2.05) is 45.9 Å². The Kier molecular flexibility index (Phi) is 6.11. The lowest BCUT2D eigenvalue weighted by Crippen LogP contribution is -2.34. The molecule has 1 amide bonds. The van der Waals surface area contributed by atoms with Gasteiger partial charge in [0.15, 0.2) is 0 Å². The van der Waals surface area contributed by atoms with E-state index in [1.165, 1.54) is 0 Å². The van der Waals surface area contributed by atoms with Gasteiger partial charge in [-0.15, -0.1) is 0 Å². The summed E-state index contributed by atoms with van der Waals surface area (Å²) >= 11 is 3.49. The molecule has 136 valence electrons. The lowest BCUT2D eigenvalue weighted by atomic mass is 10.1. The van der Waals surface area contributed by atoms with E-state index in [0.717, 1.165) is 21.4 Å². The Labute approximate surface area is 156 Å². The van der Waals surface area contributed by atoms with E-state index >= 15 is 0 Å². The van der Waals surface area contributed by atoms with E-state index < -0.39 is 6.04 Å². The fourth-order valence-corrected chi connectivity index (χ4v) is 2.98. The summed E-state index contributed by atoms with van der Waals surface area (Å²) in [6.07, 6.45) is 0. The van der Waals surface area contributed by atoms with E-state index in [4.69, 9.17) is 9.47 Å². The van der Waals surface area contributed by atoms with Crippen molar-refractivity contribution in [3.63, 3.8) is 0 Å². The quantitative estimate of drug-likeness (QED) is 0.789. The van der Waals surface area contributed by atoms with Crippen LogP contribution in [0, 0.1) is 13.8 Å². The zero-order chi connectivity index (χ0) is 18.7. The number of rotatable bonds is 6. The first-order chi connectivity index (χ1) is 11.8. The Morgan fingerprint density at radius 2 is 1.92 bits per heavy atom. The van der Waals surface area contributed by atoms with Crippen LogP contribution in [0.2, 0.25) is 0 Å². The first-order valence-electron chi connectivity index (χ1n) is 8.03. The maximum atomic E-state index is 12.7. The molecule has 0 aliphatic carbocycles. The van der Waals surface area contributed by atoms with Gasteiger partial charge in [0, 0.05) is 5.56 Å². The molecule has 1 aromatic heterocycles. The highest BCUT2D eigenvalue weighted by atomic mass is 79.9. The normalized spacial score (nSPS) is 13.2. The van der Waals surface area contributed by atoms with E-state index in [2.05, 4.69) is 26.3 Å². The van der Waals surface area contributed by atoms with Crippen molar-refractivity contribution in [2.45, 2.75) is 39.8 Å². The molecule has 6 nitrogen and oxygen atoms in total. The topological polar surface area (TPSA) is 65.4 Å². The van der Waals surface area contributed by atoms with Gasteiger partial charge in [0.2, 0.25) is 5.91 Å². The number of carbonyl (C=O) groups excluding carboxylic acids is 1. The Morgan fingerprint density at radius 1 is 1.24 bits per heavy atom. The molecule has 7 heteroatoms. The smallest absolute Gasteiger partial charge is 0.245 e. The molecule has 2 unspecified atom stereocenters. The molecule has 0 aliphatic heterocycles. The molecule has 0 saturated heterocycles. The van der Waals surface area contributed by atoms with Crippen LogP contribution in [0.4, 0.5) is 0 Å². The van der Waals surface area contributed by atoms with Crippen molar-refractivity contribution >= 4 is 21.8 Å². The third-order valence-corrected chi connectivity index (χ3v) is 5.39. The van der Waals surface area contributed by atoms with E-state index in [0.29, 0.717) is 11.5 Å². The molecule has 2 atom stereocenters. The molecule has 2 rings (SSSR count). The van der Waals surface area contributed by atoms with Crippen LogP contribution < -0.4 is 14.8 Å². The third-order valence-electron chi connectivity index (χ3n) is 4.25. The van der Waals surface area contributed by atoms with Gasteiger partial charge in [-0.2, -0.15) is 5.10 Å². The largest absolute Gasteiger partial charge is 0.497 e. The number of benzene rings is 1. The van der Waals surface area contributed by atoms with Crippen molar-refractivity contribution in [2.24, 2.45) is 0 Å². The second kappa shape index (κ2) is 7.91. The first-order valence-corrected chi connectivity index (χ1v) is 8.83. The molecule has 0 saturated carbocycles. The third kappa shape index (κ3) is 3.98. The van der Waals surface area contributed by atoms with Crippen molar-refractivity contribution < 1.29 is 14.3 Å². The van der Waals surface area contributed by atoms with Crippen LogP contribution in [0.15, 0.2) is 22.7 Å². The number of aryl methyl sites for hydroxylation is 1. The van der Waals surface area contributed by atoms with Crippen LogP contribution in [0.3, 0.4) is 0 Å². The van der Waals surface area contributed by atoms with Gasteiger partial charge in [0.05, 0.1) is 36.1 Å². The molecule has 0 bridgehead atoms. The molecular weight excluding hydrogens is 386 g/mol. The molecule has 0 radical (unpaired) electrons. The number of aromatic nitrogens is 2. The lowest BCUT2D eigenvalue weighted by molar-refractivity contribution is -0.124. The summed E-state index contributed by atoms with van der Waals surface area (Å²) in [5, 5.41) is 7.46. The zero-order valence-corrected chi connectivity index (χ0v) is 17.0. The SMILES string of the molecule is COc1ccc(OC)c(C(C)NC(=O)C(C)n2nc(C)c(Br)c2C)c1. The van der Waals surface area contributed by atoms with Gasteiger partial charge < -0.3 is 14.8 Å². The minimum absolute atomic E-state index is 0.115. The fourth-order valence-electron chi connectivity index (χ4n) is 2.72. The number of ether oxygens (including phenoxy) is 2. The highest BCUT2D eigenvalue weighted by Gasteiger charge is 2.23. The van der Waals surface area contributed by atoms with Crippen LogP contribution in [0.25, 0.3) is 0 Å². The average molecular weight is 410 g/mol. The van der Waals surface area contributed by atoms with Gasteiger partial charge in [-0.3, -0.25) is 9.48 Å². The van der Waals surface area contributed by atoms with Gasteiger partial charge in [-0.25, -0.2) is 0 Å². The second-order valence-electron chi connectivity index (χ2n) is 5.94. The van der Waals surface area contributed by atoms with Gasteiger partial charge in [0.25, 0.3) is 0 Å². The molecule has 0 fully saturated rings. The Morgan fingerprint density at radius 3 is 2.44 bits per heavy atom. The number of nitrogens with one attached hydrogen (secondary N) is 1. The maximum Gasteiger partial charge on any atom is 0.245 e. The summed E-state index contributed by atoms with van der Waals surface area (Å²) in [5.41, 5.74) is 2.64. The predicted molar refractivity (Wildman–Crippen MR) is 100 cm³/mol. The fraction of sp³-hybridized carbons (Fsp3) is 0.444.